The molecule has 1 aromatic rings. The van der Waals surface area contributed by atoms with Gasteiger partial charge in [0.25, 0.3) is 0 Å². The first-order valence-corrected chi connectivity index (χ1v) is 4.50. The fourth-order valence-electron chi connectivity index (χ4n) is 1.87. The summed E-state index contributed by atoms with van der Waals surface area (Å²) in [6.07, 6.45) is 3.78. The van der Waals surface area contributed by atoms with Crippen molar-refractivity contribution in [2.75, 3.05) is 0 Å². The topological polar surface area (TPSA) is 23.8 Å². The van der Waals surface area contributed by atoms with Crippen LogP contribution in [0.25, 0.3) is 5.57 Å². The van der Waals surface area contributed by atoms with Gasteiger partial charge in [0.15, 0.2) is 0 Å². The molecule has 0 amide bonds. The van der Waals surface area contributed by atoms with Gasteiger partial charge in [-0.2, -0.15) is 5.26 Å². The van der Waals surface area contributed by atoms with Gasteiger partial charge in [-0.05, 0) is 36.5 Å². The zero-order valence-corrected chi connectivity index (χ0v) is 7.67. The third-order valence-electron chi connectivity index (χ3n) is 2.51. The first kappa shape index (κ1) is 8.07. The molecule has 0 radical (unpaired) electrons. The zero-order chi connectivity index (χ0) is 9.26. The normalized spacial score (nSPS) is 17.1. The second-order valence-electron chi connectivity index (χ2n) is 3.46. The molecule has 1 heteroatoms. The van der Waals surface area contributed by atoms with Gasteiger partial charge < -0.3 is 0 Å². The maximum Gasteiger partial charge on any atom is 0.0915 e. The Morgan fingerprint density at radius 1 is 1.38 bits per heavy atom. The van der Waals surface area contributed by atoms with Gasteiger partial charge >= 0.3 is 0 Å². The van der Waals surface area contributed by atoms with Crippen molar-refractivity contribution in [3.63, 3.8) is 0 Å². The van der Waals surface area contributed by atoms with Crippen LogP contribution in [0.3, 0.4) is 0 Å². The van der Waals surface area contributed by atoms with E-state index < -0.39 is 0 Å². The van der Waals surface area contributed by atoms with E-state index in [1.54, 1.807) is 6.08 Å². The van der Waals surface area contributed by atoms with Crippen molar-refractivity contribution < 1.29 is 0 Å². The molecule has 0 saturated heterocycles. The van der Waals surface area contributed by atoms with Gasteiger partial charge in [-0.25, -0.2) is 0 Å². The van der Waals surface area contributed by atoms with Gasteiger partial charge in [0.2, 0.25) is 0 Å². The molecule has 0 aliphatic heterocycles. The summed E-state index contributed by atoms with van der Waals surface area (Å²) in [4.78, 5) is 0. The van der Waals surface area contributed by atoms with Gasteiger partial charge in [-0.15, -0.1) is 0 Å². The number of nitrogens with zero attached hydrogens (tertiary/aromatic N) is 1. The summed E-state index contributed by atoms with van der Waals surface area (Å²) in [5.74, 6) is 0. The summed E-state index contributed by atoms with van der Waals surface area (Å²) in [7, 11) is 0. The molecule has 1 aromatic carbocycles. The second-order valence-corrected chi connectivity index (χ2v) is 3.46. The van der Waals surface area contributed by atoms with E-state index in [0.29, 0.717) is 0 Å². The Hall–Kier alpha value is -1.55. The number of aryl methyl sites for hydroxylation is 2. The van der Waals surface area contributed by atoms with Crippen molar-refractivity contribution in [2.45, 2.75) is 19.8 Å². The van der Waals surface area contributed by atoms with E-state index in [0.717, 1.165) is 12.8 Å². The predicted octanol–water partition coefficient (Wildman–Crippen LogP) is 2.85. The molecule has 2 rings (SSSR count). The summed E-state index contributed by atoms with van der Waals surface area (Å²) < 4.78 is 0. The molecule has 1 aliphatic rings. The maximum absolute atomic E-state index is 8.58. The number of hydrogen-bond donors (Lipinski definition) is 0. The standard InChI is InChI=1S/C12H11N/c1-9-2-5-12-10(6-7-13)3-4-11(12)8-9/h2,5-6,8H,3-4H2,1H3. The van der Waals surface area contributed by atoms with Gasteiger partial charge in [-0.1, -0.05) is 23.8 Å². The molecule has 13 heavy (non-hydrogen) atoms. The van der Waals surface area contributed by atoms with Crippen LogP contribution < -0.4 is 0 Å². The fraction of sp³-hybridized carbons (Fsp3) is 0.250. The van der Waals surface area contributed by atoms with Crippen LogP contribution in [0.4, 0.5) is 0 Å². The molecule has 0 bridgehead atoms. The fourth-order valence-corrected chi connectivity index (χ4v) is 1.87. The Kier molecular flexibility index (Phi) is 1.90. The van der Waals surface area contributed by atoms with Crippen molar-refractivity contribution in [3.8, 4) is 6.07 Å². The molecule has 1 aliphatic carbocycles. The summed E-state index contributed by atoms with van der Waals surface area (Å²) in [5.41, 5.74) is 5.16. The number of allylic oxidation sites excluding steroid dienone is 2. The number of hydrogen-bond acceptors (Lipinski definition) is 1. The highest BCUT2D eigenvalue weighted by Gasteiger charge is 2.15. The van der Waals surface area contributed by atoms with E-state index in [4.69, 9.17) is 5.26 Å². The average molecular weight is 169 g/mol. The molecular formula is C12H11N. The quantitative estimate of drug-likeness (QED) is 0.548. The van der Waals surface area contributed by atoms with Crippen LogP contribution in [-0.4, -0.2) is 0 Å². The Bertz CT molecular complexity index is 408. The minimum absolute atomic E-state index is 1.02. The van der Waals surface area contributed by atoms with E-state index in [2.05, 4.69) is 31.2 Å². The van der Waals surface area contributed by atoms with Crippen LogP contribution in [0.2, 0.25) is 0 Å². The molecule has 0 fully saturated rings. The third kappa shape index (κ3) is 1.36. The highest BCUT2D eigenvalue weighted by atomic mass is 14.2. The average Bonchev–Trinajstić information content (AvgIpc) is 2.49. The highest BCUT2D eigenvalue weighted by Crippen LogP contribution is 2.32. The molecule has 0 heterocycles. The lowest BCUT2D eigenvalue weighted by Gasteiger charge is -2.00. The van der Waals surface area contributed by atoms with Crippen LogP contribution in [0.1, 0.15) is 23.1 Å². The first-order valence-electron chi connectivity index (χ1n) is 4.50. The lowest BCUT2D eigenvalue weighted by Crippen LogP contribution is -1.82. The van der Waals surface area contributed by atoms with Crippen molar-refractivity contribution >= 4 is 5.57 Å². The smallest absolute Gasteiger partial charge is 0.0915 e. The van der Waals surface area contributed by atoms with E-state index in [1.165, 1.54) is 22.3 Å². The summed E-state index contributed by atoms with van der Waals surface area (Å²) in [6.45, 7) is 2.10. The van der Waals surface area contributed by atoms with Gasteiger partial charge in [0.1, 0.15) is 0 Å². The molecule has 0 atom stereocenters. The molecule has 0 spiro atoms. The van der Waals surface area contributed by atoms with E-state index in [9.17, 15) is 0 Å². The van der Waals surface area contributed by atoms with Gasteiger partial charge in [0, 0.05) is 6.08 Å². The lowest BCUT2D eigenvalue weighted by atomic mass is 10.1. The zero-order valence-electron chi connectivity index (χ0n) is 7.67. The van der Waals surface area contributed by atoms with Crippen LogP contribution in [-0.2, 0) is 6.42 Å². The molecular weight excluding hydrogens is 158 g/mol. The third-order valence-corrected chi connectivity index (χ3v) is 2.51. The largest absolute Gasteiger partial charge is 0.193 e. The number of benzene rings is 1. The number of nitriles is 1. The Morgan fingerprint density at radius 3 is 3.00 bits per heavy atom. The van der Waals surface area contributed by atoms with Crippen LogP contribution >= 0.6 is 0 Å². The summed E-state index contributed by atoms with van der Waals surface area (Å²) in [5, 5.41) is 8.58. The van der Waals surface area contributed by atoms with Gasteiger partial charge in [-0.3, -0.25) is 0 Å². The van der Waals surface area contributed by atoms with Crippen LogP contribution in [0.15, 0.2) is 24.3 Å². The Labute approximate surface area is 78.3 Å². The Morgan fingerprint density at radius 2 is 2.23 bits per heavy atom. The molecule has 1 nitrogen and oxygen atoms in total. The number of fused-ring (bicyclic) bond motifs is 1. The van der Waals surface area contributed by atoms with Crippen molar-refractivity contribution in [2.24, 2.45) is 0 Å². The van der Waals surface area contributed by atoms with Crippen LogP contribution in [0.5, 0.6) is 0 Å². The predicted molar refractivity (Wildman–Crippen MR) is 53.1 cm³/mol. The minimum Gasteiger partial charge on any atom is -0.193 e. The Balaban J connectivity index is 2.51. The molecule has 64 valence electrons. The van der Waals surface area contributed by atoms with Gasteiger partial charge in [0.05, 0.1) is 6.07 Å². The van der Waals surface area contributed by atoms with E-state index in [1.807, 2.05) is 0 Å². The summed E-state index contributed by atoms with van der Waals surface area (Å²) in [6, 6.07) is 8.55. The molecule has 0 N–H and O–H groups in total. The molecule has 0 aromatic heterocycles. The van der Waals surface area contributed by atoms with Crippen molar-refractivity contribution in [3.05, 3.63) is 41.0 Å². The number of rotatable bonds is 0. The van der Waals surface area contributed by atoms with Crippen molar-refractivity contribution in [1.82, 2.24) is 0 Å². The summed E-state index contributed by atoms with van der Waals surface area (Å²) >= 11 is 0. The second kappa shape index (κ2) is 3.06. The first-order chi connectivity index (χ1) is 6.31. The van der Waals surface area contributed by atoms with E-state index >= 15 is 0 Å². The monoisotopic (exact) mass is 169 g/mol. The van der Waals surface area contributed by atoms with E-state index in [-0.39, 0.29) is 0 Å². The molecule has 0 saturated carbocycles. The SMILES string of the molecule is Cc1ccc2c(c1)CCC2=CC#N. The lowest BCUT2D eigenvalue weighted by molar-refractivity contribution is 1.08. The van der Waals surface area contributed by atoms with Crippen molar-refractivity contribution in [1.29, 1.82) is 5.26 Å². The maximum atomic E-state index is 8.58. The molecule has 0 unspecified atom stereocenters. The minimum atomic E-state index is 1.02. The van der Waals surface area contributed by atoms with Crippen LogP contribution in [0, 0.1) is 18.3 Å². The highest BCUT2D eigenvalue weighted by molar-refractivity contribution is 5.74.